The largest absolute Gasteiger partial charge is 0.384 e. The summed E-state index contributed by atoms with van der Waals surface area (Å²) in [6.45, 7) is 1.36. The van der Waals surface area contributed by atoms with Gasteiger partial charge in [0.25, 0.3) is 5.91 Å². The number of nitrogens with one attached hydrogen (secondary N) is 1. The first kappa shape index (κ1) is 13.8. The van der Waals surface area contributed by atoms with E-state index in [-0.39, 0.29) is 23.6 Å². The minimum Gasteiger partial charge on any atom is -0.384 e. The van der Waals surface area contributed by atoms with Crippen LogP contribution in [0.3, 0.4) is 0 Å². The molecule has 0 radical (unpaired) electrons. The summed E-state index contributed by atoms with van der Waals surface area (Å²) in [6.07, 6.45) is 0. The first-order valence-electron chi connectivity index (χ1n) is 5.74. The van der Waals surface area contributed by atoms with E-state index in [2.05, 4.69) is 22.3 Å². The molecule has 1 aromatic heterocycles. The third-order valence-corrected chi connectivity index (χ3v) is 2.40. The molecule has 0 saturated heterocycles. The third kappa shape index (κ3) is 3.22. The maximum atomic E-state index is 13.7. The van der Waals surface area contributed by atoms with Gasteiger partial charge in [0.2, 0.25) is 5.88 Å². The smallest absolute Gasteiger partial charge is 0.258 e. The molecule has 0 aliphatic carbocycles. The summed E-state index contributed by atoms with van der Waals surface area (Å²) in [5.41, 5.74) is 0.873. The molecule has 2 aromatic rings. The Morgan fingerprint density at radius 2 is 2.30 bits per heavy atom. The molecule has 0 spiro atoms. The number of benzene rings is 1. The van der Waals surface area contributed by atoms with Gasteiger partial charge in [-0.2, -0.15) is 0 Å². The quantitative estimate of drug-likeness (QED) is 0.818. The maximum Gasteiger partial charge on any atom is 0.258 e. The van der Waals surface area contributed by atoms with Crippen LogP contribution in [-0.4, -0.2) is 22.8 Å². The molecule has 102 valence electrons. The summed E-state index contributed by atoms with van der Waals surface area (Å²) >= 11 is 0. The van der Waals surface area contributed by atoms with Gasteiger partial charge in [-0.3, -0.25) is 10.1 Å². The molecule has 1 heterocycles. The summed E-state index contributed by atoms with van der Waals surface area (Å²) < 4.78 is 18.5. The van der Waals surface area contributed by atoms with Crippen molar-refractivity contribution in [2.24, 2.45) is 0 Å². The van der Waals surface area contributed by atoms with Crippen LogP contribution in [0.2, 0.25) is 0 Å². The lowest BCUT2D eigenvalue weighted by Crippen LogP contribution is -2.11. The number of amides is 1. The van der Waals surface area contributed by atoms with Crippen LogP contribution in [0.4, 0.5) is 10.3 Å². The van der Waals surface area contributed by atoms with E-state index < -0.39 is 11.7 Å². The van der Waals surface area contributed by atoms with E-state index in [9.17, 15) is 9.18 Å². The summed E-state index contributed by atoms with van der Waals surface area (Å²) in [5.74, 6) is 3.83. The zero-order chi connectivity index (χ0) is 14.5. The molecule has 1 aromatic carbocycles. The standard InChI is InChI=1S/C14H11FN2O3/c1-9-7-13(20-17-9)16-14(19)11-5-4-10(3-2-6-18)12(15)8-11/h4-5,7-8,18H,6H2,1H3,(H,16,19). The van der Waals surface area contributed by atoms with E-state index >= 15 is 0 Å². The predicted molar refractivity (Wildman–Crippen MR) is 69.6 cm³/mol. The van der Waals surface area contributed by atoms with Crippen LogP contribution in [0.15, 0.2) is 28.8 Å². The minimum absolute atomic E-state index is 0.117. The molecule has 2 N–H and O–H groups in total. The average Bonchev–Trinajstić information content (AvgIpc) is 2.82. The first-order chi connectivity index (χ1) is 9.60. The van der Waals surface area contributed by atoms with Gasteiger partial charge in [-0.15, -0.1) is 0 Å². The molecular formula is C14H11FN2O3. The monoisotopic (exact) mass is 274 g/mol. The molecule has 2 rings (SSSR count). The van der Waals surface area contributed by atoms with Gasteiger partial charge in [0.05, 0.1) is 11.3 Å². The lowest BCUT2D eigenvalue weighted by atomic mass is 10.1. The van der Waals surface area contributed by atoms with Gasteiger partial charge in [0, 0.05) is 11.6 Å². The van der Waals surface area contributed by atoms with Crippen LogP contribution in [0.1, 0.15) is 21.6 Å². The van der Waals surface area contributed by atoms with Crippen molar-refractivity contribution in [3.8, 4) is 11.8 Å². The number of aliphatic hydroxyl groups is 1. The lowest BCUT2D eigenvalue weighted by Gasteiger charge is -2.02. The molecule has 0 unspecified atom stereocenters. The molecule has 6 heteroatoms. The van der Waals surface area contributed by atoms with Gasteiger partial charge in [-0.1, -0.05) is 17.0 Å². The number of aryl methyl sites for hydroxylation is 1. The van der Waals surface area contributed by atoms with Crippen molar-refractivity contribution in [2.75, 3.05) is 11.9 Å². The highest BCUT2D eigenvalue weighted by molar-refractivity contribution is 6.03. The summed E-state index contributed by atoms with van der Waals surface area (Å²) in [7, 11) is 0. The Hall–Kier alpha value is -2.65. The van der Waals surface area contributed by atoms with Crippen molar-refractivity contribution in [3.05, 3.63) is 46.9 Å². The van der Waals surface area contributed by atoms with E-state index in [1.54, 1.807) is 13.0 Å². The second-order valence-electron chi connectivity index (χ2n) is 3.94. The topological polar surface area (TPSA) is 75.4 Å². The van der Waals surface area contributed by atoms with E-state index in [1.165, 1.54) is 12.1 Å². The molecule has 0 fully saturated rings. The Bertz CT molecular complexity index is 698. The van der Waals surface area contributed by atoms with Crippen molar-refractivity contribution in [2.45, 2.75) is 6.92 Å². The number of aromatic nitrogens is 1. The molecule has 20 heavy (non-hydrogen) atoms. The Balaban J connectivity index is 2.16. The van der Waals surface area contributed by atoms with Crippen LogP contribution < -0.4 is 5.32 Å². The second-order valence-corrected chi connectivity index (χ2v) is 3.94. The van der Waals surface area contributed by atoms with Gasteiger partial charge < -0.3 is 9.63 Å². The number of halogens is 1. The zero-order valence-electron chi connectivity index (χ0n) is 10.6. The fourth-order valence-electron chi connectivity index (χ4n) is 1.50. The van der Waals surface area contributed by atoms with Crippen LogP contribution >= 0.6 is 0 Å². The van der Waals surface area contributed by atoms with Crippen molar-refractivity contribution in [3.63, 3.8) is 0 Å². The molecule has 0 atom stereocenters. The van der Waals surface area contributed by atoms with Crippen LogP contribution in [0, 0.1) is 24.6 Å². The molecule has 0 aliphatic heterocycles. The Morgan fingerprint density at radius 3 is 2.90 bits per heavy atom. The lowest BCUT2D eigenvalue weighted by molar-refractivity contribution is 0.102. The van der Waals surface area contributed by atoms with Crippen LogP contribution in [-0.2, 0) is 0 Å². The Kier molecular flexibility index (Phi) is 4.13. The zero-order valence-corrected chi connectivity index (χ0v) is 10.6. The van der Waals surface area contributed by atoms with Crippen LogP contribution in [0.5, 0.6) is 0 Å². The van der Waals surface area contributed by atoms with E-state index in [1.807, 2.05) is 0 Å². The number of aliphatic hydroxyl groups excluding tert-OH is 1. The van der Waals surface area contributed by atoms with Gasteiger partial charge in [-0.05, 0) is 25.1 Å². The van der Waals surface area contributed by atoms with E-state index in [0.29, 0.717) is 5.69 Å². The van der Waals surface area contributed by atoms with Gasteiger partial charge in [0.1, 0.15) is 12.4 Å². The van der Waals surface area contributed by atoms with Gasteiger partial charge >= 0.3 is 0 Å². The SMILES string of the molecule is Cc1cc(NC(=O)c2ccc(C#CCO)c(F)c2)on1. The fraction of sp³-hybridized carbons (Fsp3) is 0.143. The molecule has 5 nitrogen and oxygen atoms in total. The maximum absolute atomic E-state index is 13.7. The summed E-state index contributed by atoms with van der Waals surface area (Å²) in [6, 6.07) is 5.43. The summed E-state index contributed by atoms with van der Waals surface area (Å²) in [4.78, 5) is 11.9. The van der Waals surface area contributed by atoms with E-state index in [0.717, 1.165) is 6.07 Å². The Morgan fingerprint density at radius 1 is 1.50 bits per heavy atom. The molecule has 0 aliphatic rings. The van der Waals surface area contributed by atoms with Crippen molar-refractivity contribution >= 4 is 11.8 Å². The average molecular weight is 274 g/mol. The number of nitrogens with zero attached hydrogens (tertiary/aromatic N) is 1. The summed E-state index contributed by atoms with van der Waals surface area (Å²) in [5, 5.41) is 14.6. The normalized spacial score (nSPS) is 9.75. The Labute approximate surface area is 114 Å². The first-order valence-corrected chi connectivity index (χ1v) is 5.74. The van der Waals surface area contributed by atoms with Crippen LogP contribution in [0.25, 0.3) is 0 Å². The molecule has 1 amide bonds. The number of anilines is 1. The highest BCUT2D eigenvalue weighted by Crippen LogP contribution is 2.13. The molecule has 0 bridgehead atoms. The highest BCUT2D eigenvalue weighted by atomic mass is 19.1. The minimum atomic E-state index is -0.632. The fourth-order valence-corrected chi connectivity index (χ4v) is 1.50. The number of hydrogen-bond acceptors (Lipinski definition) is 4. The molecular weight excluding hydrogens is 263 g/mol. The number of rotatable bonds is 2. The van der Waals surface area contributed by atoms with Crippen molar-refractivity contribution in [1.29, 1.82) is 0 Å². The van der Waals surface area contributed by atoms with Gasteiger partial charge in [-0.25, -0.2) is 4.39 Å². The van der Waals surface area contributed by atoms with E-state index in [4.69, 9.17) is 9.63 Å². The number of hydrogen-bond donors (Lipinski definition) is 2. The number of carbonyl (C=O) groups excluding carboxylic acids is 1. The predicted octanol–water partition coefficient (Wildman–Crippen LogP) is 1.72. The third-order valence-electron chi connectivity index (χ3n) is 2.40. The second kappa shape index (κ2) is 5.99. The van der Waals surface area contributed by atoms with Crippen molar-refractivity contribution in [1.82, 2.24) is 5.16 Å². The van der Waals surface area contributed by atoms with Crippen molar-refractivity contribution < 1.29 is 18.8 Å². The molecule has 0 saturated carbocycles. The van der Waals surface area contributed by atoms with Gasteiger partial charge in [0.15, 0.2) is 0 Å². The highest BCUT2D eigenvalue weighted by Gasteiger charge is 2.11. The number of carbonyl (C=O) groups is 1.